The Morgan fingerprint density at radius 2 is 1.83 bits per heavy atom. The van der Waals surface area contributed by atoms with Crippen molar-refractivity contribution in [3.8, 4) is 11.5 Å². The second-order valence-electron chi connectivity index (χ2n) is 5.14. The van der Waals surface area contributed by atoms with Gasteiger partial charge >= 0.3 is 0 Å². The molecule has 3 heteroatoms. The molecule has 1 aromatic carbocycles. The summed E-state index contributed by atoms with van der Waals surface area (Å²) in [4.78, 5) is 0. The third-order valence-corrected chi connectivity index (χ3v) is 3.33. The van der Waals surface area contributed by atoms with Crippen LogP contribution in [0.15, 0.2) is 12.1 Å². The van der Waals surface area contributed by atoms with Gasteiger partial charge in [0.1, 0.15) is 11.5 Å². The first-order chi connectivity index (χ1) is 8.47. The quantitative estimate of drug-likeness (QED) is 0.843. The van der Waals surface area contributed by atoms with E-state index in [2.05, 4.69) is 32.2 Å². The molecule has 0 radical (unpaired) electrons. The van der Waals surface area contributed by atoms with E-state index in [-0.39, 0.29) is 5.41 Å². The lowest BCUT2D eigenvalue weighted by Gasteiger charge is -2.28. The van der Waals surface area contributed by atoms with Gasteiger partial charge in [-0.3, -0.25) is 0 Å². The number of likely N-dealkylation sites (N-methyl/N-ethyl adjacent to an activating group) is 1. The van der Waals surface area contributed by atoms with Crippen molar-refractivity contribution < 1.29 is 9.47 Å². The molecular formula is C15H25NO2. The van der Waals surface area contributed by atoms with Crippen LogP contribution in [0.3, 0.4) is 0 Å². The number of nitrogens with one attached hydrogen (secondary N) is 1. The van der Waals surface area contributed by atoms with Gasteiger partial charge in [-0.2, -0.15) is 0 Å². The van der Waals surface area contributed by atoms with E-state index in [1.807, 2.05) is 13.0 Å². The molecule has 0 unspecified atom stereocenters. The van der Waals surface area contributed by atoms with E-state index in [1.165, 1.54) is 5.56 Å². The van der Waals surface area contributed by atoms with Gasteiger partial charge in [-0.15, -0.1) is 0 Å². The molecule has 0 bridgehead atoms. The monoisotopic (exact) mass is 251 g/mol. The van der Waals surface area contributed by atoms with E-state index in [4.69, 9.17) is 9.47 Å². The standard InChI is InChI=1S/C15H25NO2/c1-7-16-10-15(3,4)12-8-9-13(17-5)11(2)14(12)18-6/h8-9,16H,7,10H2,1-6H3. The summed E-state index contributed by atoms with van der Waals surface area (Å²) < 4.78 is 10.9. The number of benzene rings is 1. The fraction of sp³-hybridized carbons (Fsp3) is 0.600. The molecular weight excluding hydrogens is 226 g/mol. The topological polar surface area (TPSA) is 30.5 Å². The minimum atomic E-state index is 0.0262. The molecule has 0 amide bonds. The highest BCUT2D eigenvalue weighted by Gasteiger charge is 2.26. The van der Waals surface area contributed by atoms with Gasteiger partial charge in [0.2, 0.25) is 0 Å². The van der Waals surface area contributed by atoms with Gasteiger partial charge in [0.25, 0.3) is 0 Å². The van der Waals surface area contributed by atoms with E-state index in [9.17, 15) is 0 Å². The maximum atomic E-state index is 5.58. The molecule has 102 valence electrons. The van der Waals surface area contributed by atoms with Gasteiger partial charge in [-0.05, 0) is 19.5 Å². The number of ether oxygens (including phenoxy) is 2. The average Bonchev–Trinajstić information content (AvgIpc) is 2.36. The number of rotatable bonds is 6. The van der Waals surface area contributed by atoms with Crippen molar-refractivity contribution in [2.24, 2.45) is 0 Å². The van der Waals surface area contributed by atoms with E-state index in [0.717, 1.165) is 30.2 Å². The lowest BCUT2D eigenvalue weighted by atomic mass is 9.82. The Morgan fingerprint density at radius 3 is 2.33 bits per heavy atom. The van der Waals surface area contributed by atoms with Gasteiger partial charge in [-0.1, -0.05) is 26.8 Å². The van der Waals surface area contributed by atoms with E-state index in [0.29, 0.717) is 0 Å². The summed E-state index contributed by atoms with van der Waals surface area (Å²) in [5, 5.41) is 3.40. The van der Waals surface area contributed by atoms with Gasteiger partial charge in [0.15, 0.2) is 0 Å². The summed E-state index contributed by atoms with van der Waals surface area (Å²) in [6.07, 6.45) is 0. The fourth-order valence-electron chi connectivity index (χ4n) is 2.22. The van der Waals surface area contributed by atoms with E-state index >= 15 is 0 Å². The zero-order valence-electron chi connectivity index (χ0n) is 12.4. The summed E-state index contributed by atoms with van der Waals surface area (Å²) in [5.74, 6) is 1.80. The number of methoxy groups -OCH3 is 2. The molecule has 1 N–H and O–H groups in total. The Kier molecular flexibility index (Phi) is 5.03. The summed E-state index contributed by atoms with van der Waals surface area (Å²) >= 11 is 0. The Balaban J connectivity index is 3.19. The highest BCUT2D eigenvalue weighted by Crippen LogP contribution is 2.37. The van der Waals surface area contributed by atoms with Crippen LogP contribution in [-0.4, -0.2) is 27.3 Å². The van der Waals surface area contributed by atoms with Gasteiger partial charge < -0.3 is 14.8 Å². The van der Waals surface area contributed by atoms with Crippen molar-refractivity contribution in [2.75, 3.05) is 27.3 Å². The van der Waals surface area contributed by atoms with Crippen molar-refractivity contribution in [1.29, 1.82) is 0 Å². The van der Waals surface area contributed by atoms with Crippen LogP contribution < -0.4 is 14.8 Å². The van der Waals surface area contributed by atoms with Gasteiger partial charge in [0, 0.05) is 23.1 Å². The normalized spacial score (nSPS) is 11.4. The predicted molar refractivity (Wildman–Crippen MR) is 75.9 cm³/mol. The van der Waals surface area contributed by atoms with Crippen LogP contribution in [0.4, 0.5) is 0 Å². The molecule has 0 heterocycles. The zero-order valence-corrected chi connectivity index (χ0v) is 12.4. The predicted octanol–water partition coefficient (Wildman–Crippen LogP) is 2.90. The molecule has 0 aromatic heterocycles. The van der Waals surface area contributed by atoms with Crippen LogP contribution in [-0.2, 0) is 5.41 Å². The van der Waals surface area contributed by atoms with Crippen molar-refractivity contribution >= 4 is 0 Å². The Labute approximate surface area is 110 Å². The maximum absolute atomic E-state index is 5.58. The minimum absolute atomic E-state index is 0.0262. The lowest BCUT2D eigenvalue weighted by molar-refractivity contribution is 0.371. The molecule has 0 fully saturated rings. The van der Waals surface area contributed by atoms with Crippen molar-refractivity contribution in [1.82, 2.24) is 5.32 Å². The molecule has 0 spiro atoms. The fourth-order valence-corrected chi connectivity index (χ4v) is 2.22. The van der Waals surface area contributed by atoms with Crippen molar-refractivity contribution in [3.63, 3.8) is 0 Å². The molecule has 1 rings (SSSR count). The number of hydrogen-bond donors (Lipinski definition) is 1. The first-order valence-electron chi connectivity index (χ1n) is 6.40. The van der Waals surface area contributed by atoms with E-state index in [1.54, 1.807) is 14.2 Å². The Hall–Kier alpha value is -1.22. The van der Waals surface area contributed by atoms with Crippen LogP contribution in [0.25, 0.3) is 0 Å². The van der Waals surface area contributed by atoms with Crippen LogP contribution in [0, 0.1) is 6.92 Å². The van der Waals surface area contributed by atoms with Crippen LogP contribution >= 0.6 is 0 Å². The maximum Gasteiger partial charge on any atom is 0.129 e. The first kappa shape index (κ1) is 14.8. The average molecular weight is 251 g/mol. The molecule has 0 aliphatic carbocycles. The highest BCUT2D eigenvalue weighted by atomic mass is 16.5. The molecule has 0 saturated carbocycles. The summed E-state index contributed by atoms with van der Waals surface area (Å²) in [7, 11) is 3.40. The molecule has 0 aliphatic heterocycles. The van der Waals surface area contributed by atoms with Crippen LogP contribution in [0.2, 0.25) is 0 Å². The van der Waals surface area contributed by atoms with Gasteiger partial charge in [0.05, 0.1) is 14.2 Å². The van der Waals surface area contributed by atoms with E-state index < -0.39 is 0 Å². The molecule has 1 aromatic rings. The minimum Gasteiger partial charge on any atom is -0.496 e. The SMILES string of the molecule is CCNCC(C)(C)c1ccc(OC)c(C)c1OC. The largest absolute Gasteiger partial charge is 0.496 e. The summed E-state index contributed by atoms with van der Waals surface area (Å²) in [5.41, 5.74) is 2.30. The van der Waals surface area contributed by atoms with Crippen LogP contribution in [0.5, 0.6) is 11.5 Å². The second kappa shape index (κ2) is 6.10. The zero-order chi connectivity index (χ0) is 13.8. The van der Waals surface area contributed by atoms with Gasteiger partial charge in [-0.25, -0.2) is 0 Å². The molecule has 18 heavy (non-hydrogen) atoms. The number of hydrogen-bond acceptors (Lipinski definition) is 3. The Morgan fingerprint density at radius 1 is 1.17 bits per heavy atom. The first-order valence-corrected chi connectivity index (χ1v) is 6.40. The Bertz CT molecular complexity index is 400. The van der Waals surface area contributed by atoms with Crippen LogP contribution in [0.1, 0.15) is 31.9 Å². The summed E-state index contributed by atoms with van der Waals surface area (Å²) in [6, 6.07) is 4.11. The highest BCUT2D eigenvalue weighted by molar-refractivity contribution is 5.52. The smallest absolute Gasteiger partial charge is 0.129 e. The summed E-state index contributed by atoms with van der Waals surface area (Å²) in [6.45, 7) is 10.5. The second-order valence-corrected chi connectivity index (χ2v) is 5.14. The van der Waals surface area contributed by atoms with Crippen molar-refractivity contribution in [2.45, 2.75) is 33.1 Å². The van der Waals surface area contributed by atoms with Crippen molar-refractivity contribution in [3.05, 3.63) is 23.3 Å². The molecule has 0 aliphatic rings. The molecule has 0 atom stereocenters. The lowest BCUT2D eigenvalue weighted by Crippen LogP contribution is -2.33. The third-order valence-electron chi connectivity index (χ3n) is 3.33. The molecule has 3 nitrogen and oxygen atoms in total. The molecule has 0 saturated heterocycles. The third kappa shape index (κ3) is 2.96.